The van der Waals surface area contributed by atoms with E-state index in [0.29, 0.717) is 40.3 Å². The fourth-order valence-corrected chi connectivity index (χ4v) is 4.94. The second kappa shape index (κ2) is 12.6. The van der Waals surface area contributed by atoms with E-state index >= 15 is 0 Å². The highest BCUT2D eigenvalue weighted by Gasteiger charge is 2.24. The first-order chi connectivity index (χ1) is 19.9. The Kier molecular flexibility index (Phi) is 8.50. The van der Waals surface area contributed by atoms with E-state index in [9.17, 15) is 14.7 Å². The molecule has 4 aromatic carbocycles. The summed E-state index contributed by atoms with van der Waals surface area (Å²) in [6, 6.07) is 29.0. The van der Waals surface area contributed by atoms with Gasteiger partial charge in [-0.2, -0.15) is 8.75 Å². The number of aliphatic carboxylic acids is 1. The number of carboxylic acid groups (broad SMARTS) is 1. The monoisotopic (exact) mass is 564 g/mol. The second-order valence-corrected chi connectivity index (χ2v) is 10.3. The highest BCUT2D eigenvalue weighted by molar-refractivity contribution is 7.00. The van der Waals surface area contributed by atoms with Crippen LogP contribution in [0.1, 0.15) is 40.9 Å². The van der Waals surface area contributed by atoms with Crippen LogP contribution in [0.3, 0.4) is 0 Å². The Hall–Kier alpha value is -4.82. The Balaban J connectivity index is 1.49. The largest absolute Gasteiger partial charge is 0.491 e. The van der Waals surface area contributed by atoms with Crippen molar-refractivity contribution in [1.82, 2.24) is 8.75 Å². The van der Waals surface area contributed by atoms with Crippen LogP contribution in [0.5, 0.6) is 11.5 Å². The SMILES string of the molecule is CC(C)Oc1ccc(C(=O)C(Cc2ccc(OCc3ccccc3)cc2)=C(C(=O)O)c2ccc3nsnc3c2)cc1. The van der Waals surface area contributed by atoms with Crippen molar-refractivity contribution in [3.63, 3.8) is 0 Å². The van der Waals surface area contributed by atoms with Gasteiger partial charge in [-0.05, 0) is 79.1 Å². The van der Waals surface area contributed by atoms with Gasteiger partial charge in [-0.3, -0.25) is 4.79 Å². The highest BCUT2D eigenvalue weighted by atomic mass is 32.1. The molecule has 0 saturated carbocycles. The van der Waals surface area contributed by atoms with Crippen LogP contribution in [0, 0.1) is 0 Å². The molecule has 0 saturated heterocycles. The van der Waals surface area contributed by atoms with Gasteiger partial charge in [-0.15, -0.1) is 0 Å². The molecule has 8 heteroatoms. The molecule has 0 aliphatic rings. The van der Waals surface area contributed by atoms with Gasteiger partial charge in [0.25, 0.3) is 0 Å². The molecule has 0 radical (unpaired) electrons. The molecule has 0 fully saturated rings. The van der Waals surface area contributed by atoms with Crippen molar-refractivity contribution in [2.75, 3.05) is 0 Å². The maximum absolute atomic E-state index is 13.9. The lowest BCUT2D eigenvalue weighted by Crippen LogP contribution is -2.14. The zero-order valence-corrected chi connectivity index (χ0v) is 23.4. The van der Waals surface area contributed by atoms with Gasteiger partial charge < -0.3 is 14.6 Å². The Morgan fingerprint density at radius 1 is 0.780 bits per heavy atom. The summed E-state index contributed by atoms with van der Waals surface area (Å²) in [4.78, 5) is 26.6. The molecule has 0 aliphatic carbocycles. The molecular weight excluding hydrogens is 536 g/mol. The normalized spacial score (nSPS) is 11.8. The molecule has 5 aromatic rings. The molecule has 0 atom stereocenters. The number of ketones is 1. The number of allylic oxidation sites excluding steroid dienone is 1. The fourth-order valence-electron chi connectivity index (χ4n) is 4.43. The average Bonchev–Trinajstić information content (AvgIpc) is 3.45. The number of carboxylic acids is 1. The predicted molar refractivity (Wildman–Crippen MR) is 159 cm³/mol. The van der Waals surface area contributed by atoms with Crippen LogP contribution in [0.25, 0.3) is 16.6 Å². The summed E-state index contributed by atoms with van der Waals surface area (Å²) >= 11 is 1.05. The minimum atomic E-state index is -1.20. The highest BCUT2D eigenvalue weighted by Crippen LogP contribution is 2.29. The van der Waals surface area contributed by atoms with Gasteiger partial charge in [0.1, 0.15) is 29.1 Å². The van der Waals surface area contributed by atoms with Gasteiger partial charge >= 0.3 is 5.97 Å². The quantitative estimate of drug-likeness (QED) is 0.136. The molecule has 0 amide bonds. The van der Waals surface area contributed by atoms with Gasteiger partial charge in [-0.1, -0.05) is 48.5 Å². The molecular formula is C33H28N2O5S. The van der Waals surface area contributed by atoms with Crippen molar-refractivity contribution in [3.05, 3.63) is 125 Å². The summed E-state index contributed by atoms with van der Waals surface area (Å²) in [7, 11) is 0. The predicted octanol–water partition coefficient (Wildman–Crippen LogP) is 7.02. The van der Waals surface area contributed by atoms with E-state index in [-0.39, 0.29) is 29.5 Å². The Morgan fingerprint density at radius 3 is 2.12 bits per heavy atom. The third kappa shape index (κ3) is 6.85. The number of nitrogens with zero attached hydrogens (tertiary/aromatic N) is 2. The topological polar surface area (TPSA) is 98.6 Å². The number of carbonyl (C=O) groups excluding carboxylic acids is 1. The van der Waals surface area contributed by atoms with Crippen molar-refractivity contribution in [1.29, 1.82) is 0 Å². The van der Waals surface area contributed by atoms with E-state index in [1.165, 1.54) is 0 Å². The minimum absolute atomic E-state index is 0.0135. The van der Waals surface area contributed by atoms with Gasteiger partial charge in [0.15, 0.2) is 5.78 Å². The summed E-state index contributed by atoms with van der Waals surface area (Å²) in [5.41, 5.74) is 3.92. The lowest BCUT2D eigenvalue weighted by atomic mass is 9.89. The maximum Gasteiger partial charge on any atom is 0.336 e. The molecule has 0 bridgehead atoms. The van der Waals surface area contributed by atoms with Crippen LogP contribution < -0.4 is 9.47 Å². The lowest BCUT2D eigenvalue weighted by Gasteiger charge is -2.14. The average molecular weight is 565 g/mol. The molecule has 1 N–H and O–H groups in total. The van der Waals surface area contributed by atoms with E-state index < -0.39 is 5.97 Å². The molecule has 1 heterocycles. The third-order valence-corrected chi connectivity index (χ3v) is 6.93. The summed E-state index contributed by atoms with van der Waals surface area (Å²) in [5.74, 6) is -0.263. The number of hydrogen-bond donors (Lipinski definition) is 1. The summed E-state index contributed by atoms with van der Waals surface area (Å²) < 4.78 is 20.1. The fraction of sp³-hybridized carbons (Fsp3) is 0.152. The molecule has 7 nitrogen and oxygen atoms in total. The molecule has 0 aliphatic heterocycles. The van der Waals surface area contributed by atoms with E-state index in [4.69, 9.17) is 9.47 Å². The first kappa shape index (κ1) is 27.7. The number of aromatic nitrogens is 2. The molecule has 206 valence electrons. The van der Waals surface area contributed by atoms with E-state index in [1.54, 1.807) is 42.5 Å². The minimum Gasteiger partial charge on any atom is -0.491 e. The second-order valence-electron chi connectivity index (χ2n) is 9.74. The van der Waals surface area contributed by atoms with Crippen LogP contribution in [0.4, 0.5) is 0 Å². The summed E-state index contributed by atoms with van der Waals surface area (Å²) in [5, 5.41) is 10.4. The van der Waals surface area contributed by atoms with Gasteiger partial charge in [0.05, 0.1) is 23.4 Å². The number of carbonyl (C=O) groups is 2. The van der Waals surface area contributed by atoms with Gasteiger partial charge in [0, 0.05) is 17.6 Å². The molecule has 5 rings (SSSR count). The van der Waals surface area contributed by atoms with Crippen LogP contribution >= 0.6 is 11.7 Å². The standard InChI is InChI=1S/C33H28N2O5S/c1-21(2)40-27-15-10-24(11-16-27)32(36)28(31(33(37)38)25-12-17-29-30(19-25)35-41-34-29)18-22-8-13-26(14-9-22)39-20-23-6-4-3-5-7-23/h3-17,19,21H,18,20H2,1-2H3,(H,37,38). The lowest BCUT2D eigenvalue weighted by molar-refractivity contribution is -0.130. The van der Waals surface area contributed by atoms with Crippen molar-refractivity contribution in [3.8, 4) is 11.5 Å². The first-order valence-electron chi connectivity index (χ1n) is 13.1. The molecule has 41 heavy (non-hydrogen) atoms. The Bertz CT molecular complexity index is 1690. The van der Waals surface area contributed by atoms with Crippen molar-refractivity contribution in [2.45, 2.75) is 33.0 Å². The van der Waals surface area contributed by atoms with Crippen LogP contribution in [-0.4, -0.2) is 31.7 Å². The number of Topliss-reactive ketones (excluding diaryl/α,β-unsaturated/α-hetero) is 1. The number of fused-ring (bicyclic) bond motifs is 1. The van der Waals surface area contributed by atoms with Gasteiger partial charge in [-0.25, -0.2) is 4.79 Å². The van der Waals surface area contributed by atoms with Crippen LogP contribution in [0.2, 0.25) is 0 Å². The van der Waals surface area contributed by atoms with E-state index in [2.05, 4.69) is 8.75 Å². The summed E-state index contributed by atoms with van der Waals surface area (Å²) in [6.07, 6.45) is 0.0946. The van der Waals surface area contributed by atoms with Crippen molar-refractivity contribution >= 4 is 40.1 Å². The van der Waals surface area contributed by atoms with Crippen LogP contribution in [0.15, 0.2) is 103 Å². The maximum atomic E-state index is 13.9. The summed E-state index contributed by atoms with van der Waals surface area (Å²) in [6.45, 7) is 4.27. The van der Waals surface area contributed by atoms with E-state index in [0.717, 1.165) is 22.9 Å². The first-order valence-corrected chi connectivity index (χ1v) is 13.9. The third-order valence-electron chi connectivity index (χ3n) is 6.37. The van der Waals surface area contributed by atoms with Crippen molar-refractivity contribution in [2.24, 2.45) is 0 Å². The number of ether oxygens (including phenoxy) is 2. The zero-order chi connectivity index (χ0) is 28.8. The Morgan fingerprint density at radius 2 is 1.44 bits per heavy atom. The molecule has 0 unspecified atom stereocenters. The van der Waals surface area contributed by atoms with Crippen LogP contribution in [-0.2, 0) is 17.8 Å². The number of hydrogen-bond acceptors (Lipinski definition) is 7. The van der Waals surface area contributed by atoms with E-state index in [1.807, 2.05) is 68.4 Å². The van der Waals surface area contributed by atoms with Gasteiger partial charge in [0.2, 0.25) is 0 Å². The number of rotatable bonds is 11. The van der Waals surface area contributed by atoms with Crippen molar-refractivity contribution < 1.29 is 24.2 Å². The molecule has 1 aromatic heterocycles. The zero-order valence-electron chi connectivity index (χ0n) is 22.6. The number of benzene rings is 4. The molecule has 0 spiro atoms. The Labute approximate surface area is 242 Å². The smallest absolute Gasteiger partial charge is 0.336 e.